The molecular weight excluding hydrogens is 253 g/mol. The summed E-state index contributed by atoms with van der Waals surface area (Å²) in [5.41, 5.74) is 8.36. The molecule has 1 aromatic carbocycles. The molecule has 0 radical (unpaired) electrons. The fraction of sp³-hybridized carbons (Fsp3) is 0.438. The highest BCUT2D eigenvalue weighted by atomic mass is 19.1. The smallest absolute Gasteiger partial charge is 0.132 e. The number of imidazole rings is 1. The lowest BCUT2D eigenvalue weighted by Gasteiger charge is -2.24. The molecule has 1 heterocycles. The van der Waals surface area contributed by atoms with Gasteiger partial charge in [-0.05, 0) is 51.5 Å². The summed E-state index contributed by atoms with van der Waals surface area (Å²) in [6.45, 7) is 10.1. The summed E-state index contributed by atoms with van der Waals surface area (Å²) in [6, 6.07) is 4.99. The summed E-state index contributed by atoms with van der Waals surface area (Å²) in [5.74, 6) is 1.38. The molecule has 0 aliphatic carbocycles. The number of nitrogens with two attached hydrogens (primary N) is 1. The molecule has 0 fully saturated rings. The number of aryl methyl sites for hydroxylation is 2. The number of rotatable bonds is 2. The van der Waals surface area contributed by atoms with Crippen LogP contribution in [0.4, 0.5) is 10.2 Å². The number of halogens is 1. The van der Waals surface area contributed by atoms with Gasteiger partial charge in [0, 0.05) is 17.5 Å². The van der Waals surface area contributed by atoms with Gasteiger partial charge in [-0.15, -0.1) is 0 Å². The Morgan fingerprint density at radius 2 is 1.95 bits per heavy atom. The zero-order valence-electron chi connectivity index (χ0n) is 12.8. The minimum absolute atomic E-state index is 0.129. The maximum Gasteiger partial charge on any atom is 0.132 e. The Kier molecular flexibility index (Phi) is 3.59. The Morgan fingerprint density at radius 3 is 2.40 bits per heavy atom. The van der Waals surface area contributed by atoms with Crippen LogP contribution in [0.15, 0.2) is 18.2 Å². The van der Waals surface area contributed by atoms with E-state index in [1.807, 2.05) is 0 Å². The molecule has 0 amide bonds. The van der Waals surface area contributed by atoms with E-state index in [0.29, 0.717) is 11.4 Å². The molecule has 0 saturated carbocycles. The van der Waals surface area contributed by atoms with E-state index in [9.17, 15) is 4.39 Å². The van der Waals surface area contributed by atoms with Gasteiger partial charge < -0.3 is 10.3 Å². The third-order valence-electron chi connectivity index (χ3n) is 3.40. The molecule has 0 aliphatic rings. The summed E-state index contributed by atoms with van der Waals surface area (Å²) in [7, 11) is 0. The average molecular weight is 275 g/mol. The second-order valence-corrected chi connectivity index (χ2v) is 6.09. The van der Waals surface area contributed by atoms with E-state index in [1.165, 1.54) is 6.07 Å². The second kappa shape index (κ2) is 4.93. The molecule has 2 aromatic rings. The van der Waals surface area contributed by atoms with Gasteiger partial charge in [0.05, 0.1) is 0 Å². The predicted molar refractivity (Wildman–Crippen MR) is 81.1 cm³/mol. The summed E-state index contributed by atoms with van der Waals surface area (Å²) in [6.07, 6.45) is 0.807. The van der Waals surface area contributed by atoms with Gasteiger partial charge in [0.15, 0.2) is 0 Å². The topological polar surface area (TPSA) is 43.8 Å². The van der Waals surface area contributed by atoms with Gasteiger partial charge in [0.2, 0.25) is 0 Å². The molecule has 20 heavy (non-hydrogen) atoms. The predicted octanol–water partition coefficient (Wildman–Crippen LogP) is 3.90. The van der Waals surface area contributed by atoms with Gasteiger partial charge in [-0.25, -0.2) is 9.37 Å². The number of benzene rings is 1. The maximum absolute atomic E-state index is 13.4. The van der Waals surface area contributed by atoms with Crippen molar-refractivity contribution >= 4 is 5.82 Å². The Hall–Kier alpha value is -1.84. The largest absolute Gasteiger partial charge is 0.383 e. The van der Waals surface area contributed by atoms with Crippen molar-refractivity contribution in [2.24, 2.45) is 0 Å². The Labute approximate surface area is 119 Å². The maximum atomic E-state index is 13.4. The first-order valence-electron chi connectivity index (χ1n) is 6.89. The first-order valence-corrected chi connectivity index (χ1v) is 6.89. The van der Waals surface area contributed by atoms with Crippen LogP contribution in [0.25, 0.3) is 11.3 Å². The first-order chi connectivity index (χ1) is 9.25. The molecule has 0 saturated heterocycles. The SMILES string of the molecule is CCc1nc(-c2ccc(F)c(C)c2)c(N)n1C(C)(C)C. The van der Waals surface area contributed by atoms with Gasteiger partial charge in [-0.3, -0.25) is 0 Å². The fourth-order valence-corrected chi connectivity index (χ4v) is 2.47. The highest BCUT2D eigenvalue weighted by Crippen LogP contribution is 2.32. The van der Waals surface area contributed by atoms with Gasteiger partial charge in [-0.2, -0.15) is 0 Å². The minimum Gasteiger partial charge on any atom is -0.383 e. The van der Waals surface area contributed by atoms with E-state index in [4.69, 9.17) is 5.73 Å². The van der Waals surface area contributed by atoms with Crippen molar-refractivity contribution in [2.75, 3.05) is 5.73 Å². The van der Waals surface area contributed by atoms with Crippen molar-refractivity contribution in [2.45, 2.75) is 46.6 Å². The lowest BCUT2D eigenvalue weighted by Crippen LogP contribution is -2.25. The van der Waals surface area contributed by atoms with E-state index in [1.54, 1.807) is 19.1 Å². The summed E-state index contributed by atoms with van der Waals surface area (Å²) in [5, 5.41) is 0. The van der Waals surface area contributed by atoms with Gasteiger partial charge in [0.1, 0.15) is 23.2 Å². The number of hydrogen-bond donors (Lipinski definition) is 1. The number of anilines is 1. The monoisotopic (exact) mass is 275 g/mol. The molecule has 3 nitrogen and oxygen atoms in total. The zero-order valence-corrected chi connectivity index (χ0v) is 12.8. The lowest BCUT2D eigenvalue weighted by molar-refractivity contribution is 0.389. The first kappa shape index (κ1) is 14.6. The second-order valence-electron chi connectivity index (χ2n) is 6.09. The van der Waals surface area contributed by atoms with Crippen molar-refractivity contribution in [3.63, 3.8) is 0 Å². The van der Waals surface area contributed by atoms with Crippen LogP contribution in [-0.2, 0) is 12.0 Å². The molecule has 0 unspecified atom stereocenters. The highest BCUT2D eigenvalue weighted by Gasteiger charge is 2.23. The molecule has 0 bridgehead atoms. The van der Waals surface area contributed by atoms with Crippen LogP contribution in [0.3, 0.4) is 0 Å². The third-order valence-corrected chi connectivity index (χ3v) is 3.40. The molecule has 4 heteroatoms. The van der Waals surface area contributed by atoms with Crippen LogP contribution >= 0.6 is 0 Å². The third kappa shape index (κ3) is 2.42. The van der Waals surface area contributed by atoms with E-state index in [-0.39, 0.29) is 11.4 Å². The number of nitrogen functional groups attached to an aromatic ring is 1. The minimum atomic E-state index is -0.210. The fourth-order valence-electron chi connectivity index (χ4n) is 2.47. The lowest BCUT2D eigenvalue weighted by atomic mass is 10.1. The van der Waals surface area contributed by atoms with E-state index in [0.717, 1.165) is 23.5 Å². The van der Waals surface area contributed by atoms with Crippen LogP contribution in [0, 0.1) is 12.7 Å². The van der Waals surface area contributed by atoms with Gasteiger partial charge in [0.25, 0.3) is 0 Å². The molecule has 0 atom stereocenters. The van der Waals surface area contributed by atoms with Crippen molar-refractivity contribution in [1.82, 2.24) is 9.55 Å². The quantitative estimate of drug-likeness (QED) is 0.903. The van der Waals surface area contributed by atoms with Gasteiger partial charge in [-0.1, -0.05) is 6.92 Å². The normalized spacial score (nSPS) is 11.9. The number of nitrogens with zero attached hydrogens (tertiary/aromatic N) is 2. The van der Waals surface area contributed by atoms with Crippen molar-refractivity contribution in [3.05, 3.63) is 35.4 Å². The molecule has 0 aliphatic heterocycles. The summed E-state index contributed by atoms with van der Waals surface area (Å²) >= 11 is 0. The van der Waals surface area contributed by atoms with E-state index >= 15 is 0 Å². The highest BCUT2D eigenvalue weighted by molar-refractivity contribution is 5.71. The van der Waals surface area contributed by atoms with Crippen LogP contribution in [0.2, 0.25) is 0 Å². The van der Waals surface area contributed by atoms with Crippen molar-refractivity contribution in [3.8, 4) is 11.3 Å². The Bertz CT molecular complexity index is 636. The number of hydrogen-bond acceptors (Lipinski definition) is 2. The summed E-state index contributed by atoms with van der Waals surface area (Å²) in [4.78, 5) is 4.65. The molecule has 1 aromatic heterocycles. The standard InChI is InChI=1S/C16H22FN3/c1-6-13-19-14(15(18)20(13)16(3,4)5)11-7-8-12(17)10(2)9-11/h7-9H,6,18H2,1-5H3. The summed E-state index contributed by atoms with van der Waals surface area (Å²) < 4.78 is 15.5. The van der Waals surface area contributed by atoms with Crippen molar-refractivity contribution < 1.29 is 4.39 Å². The average Bonchev–Trinajstić information content (AvgIpc) is 2.69. The van der Waals surface area contributed by atoms with Crippen molar-refractivity contribution in [1.29, 1.82) is 0 Å². The molecule has 0 spiro atoms. The van der Waals surface area contributed by atoms with Crippen LogP contribution in [0.1, 0.15) is 39.1 Å². The van der Waals surface area contributed by atoms with Gasteiger partial charge >= 0.3 is 0 Å². The molecule has 108 valence electrons. The molecule has 2 N–H and O–H groups in total. The number of aromatic nitrogens is 2. The molecule has 2 rings (SSSR count). The van der Waals surface area contributed by atoms with E-state index < -0.39 is 0 Å². The van der Waals surface area contributed by atoms with Crippen LogP contribution in [0.5, 0.6) is 0 Å². The van der Waals surface area contributed by atoms with E-state index in [2.05, 4.69) is 37.2 Å². The van der Waals surface area contributed by atoms with Crippen LogP contribution in [-0.4, -0.2) is 9.55 Å². The zero-order chi connectivity index (χ0) is 15.1. The molecular formula is C16H22FN3. The Balaban J connectivity index is 2.64. The Morgan fingerprint density at radius 1 is 1.30 bits per heavy atom. The van der Waals surface area contributed by atoms with Crippen LogP contribution < -0.4 is 5.73 Å².